The van der Waals surface area contributed by atoms with E-state index in [-0.39, 0.29) is 24.2 Å². The van der Waals surface area contributed by atoms with Crippen LogP contribution in [0, 0.1) is 0 Å². The van der Waals surface area contributed by atoms with E-state index in [0.29, 0.717) is 17.1 Å². The quantitative estimate of drug-likeness (QED) is 0.797. The number of amides is 1. The van der Waals surface area contributed by atoms with Crippen molar-refractivity contribution >= 4 is 5.91 Å². The van der Waals surface area contributed by atoms with E-state index in [0.717, 1.165) is 25.0 Å². The van der Waals surface area contributed by atoms with Gasteiger partial charge in [-0.3, -0.25) is 4.79 Å². The zero-order valence-electron chi connectivity index (χ0n) is 16.1. The number of ether oxygens (including phenoxy) is 3. The lowest BCUT2D eigenvalue weighted by Crippen LogP contribution is -2.36. The lowest BCUT2D eigenvalue weighted by atomic mass is 9.99. The van der Waals surface area contributed by atoms with Crippen LogP contribution in [0.1, 0.15) is 48.7 Å². The first-order chi connectivity index (χ1) is 13.1. The van der Waals surface area contributed by atoms with Gasteiger partial charge in [0.15, 0.2) is 11.5 Å². The van der Waals surface area contributed by atoms with Gasteiger partial charge in [0, 0.05) is 12.2 Å². The molecule has 0 aromatic heterocycles. The topological polar surface area (TPSA) is 56.8 Å². The molecule has 5 nitrogen and oxygen atoms in total. The smallest absolute Gasteiger partial charge is 0.251 e. The van der Waals surface area contributed by atoms with Gasteiger partial charge in [0.25, 0.3) is 5.91 Å². The van der Waals surface area contributed by atoms with Crippen LogP contribution < -0.4 is 14.8 Å². The summed E-state index contributed by atoms with van der Waals surface area (Å²) in [6.07, 6.45) is 1.96. The number of carbonyl (C=O) groups is 1. The highest BCUT2D eigenvalue weighted by molar-refractivity contribution is 5.95. The fourth-order valence-electron chi connectivity index (χ4n) is 3.30. The van der Waals surface area contributed by atoms with E-state index in [9.17, 15) is 4.79 Å². The molecule has 144 valence electrons. The first-order valence-electron chi connectivity index (χ1n) is 9.40. The van der Waals surface area contributed by atoms with E-state index >= 15 is 0 Å². The second-order valence-corrected chi connectivity index (χ2v) is 6.95. The van der Waals surface area contributed by atoms with Crippen molar-refractivity contribution in [3.63, 3.8) is 0 Å². The molecule has 0 saturated carbocycles. The van der Waals surface area contributed by atoms with E-state index in [2.05, 4.69) is 5.32 Å². The molecule has 1 aliphatic rings. The third-order valence-electron chi connectivity index (χ3n) is 4.57. The molecule has 1 N–H and O–H groups in total. The Morgan fingerprint density at radius 1 is 1.15 bits per heavy atom. The summed E-state index contributed by atoms with van der Waals surface area (Å²) in [6, 6.07) is 15.0. The van der Waals surface area contributed by atoms with Gasteiger partial charge in [0.05, 0.1) is 25.4 Å². The highest BCUT2D eigenvalue weighted by Gasteiger charge is 2.29. The molecule has 0 aliphatic carbocycles. The predicted molar refractivity (Wildman–Crippen MR) is 104 cm³/mol. The van der Waals surface area contributed by atoms with Gasteiger partial charge in [-0.1, -0.05) is 30.3 Å². The minimum atomic E-state index is -0.182. The van der Waals surface area contributed by atoms with Crippen LogP contribution in [0.5, 0.6) is 11.5 Å². The van der Waals surface area contributed by atoms with Gasteiger partial charge in [0.1, 0.15) is 0 Å². The number of nitrogens with one attached hydrogen (secondary N) is 1. The third-order valence-corrected chi connectivity index (χ3v) is 4.57. The van der Waals surface area contributed by atoms with Gasteiger partial charge < -0.3 is 19.5 Å². The van der Waals surface area contributed by atoms with Crippen molar-refractivity contribution < 1.29 is 19.0 Å². The van der Waals surface area contributed by atoms with E-state index in [1.54, 1.807) is 25.3 Å². The maximum Gasteiger partial charge on any atom is 0.251 e. The summed E-state index contributed by atoms with van der Waals surface area (Å²) in [5, 5.41) is 3.14. The Hall–Kier alpha value is -2.53. The lowest BCUT2D eigenvalue weighted by molar-refractivity contribution is 0.0672. The SMILES string of the molecule is COc1cc(C(=O)N[C@@H](c2ccccc2)[C@H]2CCCO2)ccc1OC(C)C. The van der Waals surface area contributed by atoms with Crippen LogP contribution in [-0.4, -0.2) is 31.8 Å². The number of benzene rings is 2. The van der Waals surface area contributed by atoms with E-state index in [4.69, 9.17) is 14.2 Å². The standard InChI is InChI=1S/C22H27NO4/c1-15(2)27-18-12-11-17(14-20(18)25-3)22(24)23-21(19-10-7-13-26-19)16-8-5-4-6-9-16/h4-6,8-9,11-12,14-15,19,21H,7,10,13H2,1-3H3,(H,23,24)/t19-,21+/m1/s1. The van der Waals surface area contributed by atoms with Gasteiger partial charge in [-0.2, -0.15) is 0 Å². The molecular formula is C22H27NO4. The van der Waals surface area contributed by atoms with Gasteiger partial charge in [-0.05, 0) is 50.5 Å². The first-order valence-corrected chi connectivity index (χ1v) is 9.40. The molecule has 0 radical (unpaired) electrons. The van der Waals surface area contributed by atoms with Crippen LogP contribution in [0.25, 0.3) is 0 Å². The molecule has 2 aromatic carbocycles. The van der Waals surface area contributed by atoms with Crippen molar-refractivity contribution in [2.45, 2.75) is 44.9 Å². The van der Waals surface area contributed by atoms with Gasteiger partial charge >= 0.3 is 0 Å². The van der Waals surface area contributed by atoms with Crippen LogP contribution in [0.3, 0.4) is 0 Å². The molecule has 2 atom stereocenters. The summed E-state index contributed by atoms with van der Waals surface area (Å²) in [5.41, 5.74) is 1.58. The average molecular weight is 369 g/mol. The second-order valence-electron chi connectivity index (χ2n) is 6.95. The Morgan fingerprint density at radius 3 is 2.56 bits per heavy atom. The molecule has 5 heteroatoms. The molecule has 1 amide bonds. The fourth-order valence-corrected chi connectivity index (χ4v) is 3.30. The molecule has 1 heterocycles. The molecule has 1 aliphatic heterocycles. The molecule has 1 fully saturated rings. The summed E-state index contributed by atoms with van der Waals surface area (Å²) < 4.78 is 17.0. The van der Waals surface area contributed by atoms with Crippen molar-refractivity contribution in [2.24, 2.45) is 0 Å². The summed E-state index contributed by atoms with van der Waals surface area (Å²) >= 11 is 0. The van der Waals surface area contributed by atoms with E-state index < -0.39 is 0 Å². The number of methoxy groups -OCH3 is 1. The molecule has 2 aromatic rings. The number of rotatable bonds is 7. The Morgan fingerprint density at radius 2 is 1.93 bits per heavy atom. The molecule has 1 saturated heterocycles. The van der Waals surface area contributed by atoms with Crippen LogP contribution in [-0.2, 0) is 4.74 Å². The zero-order chi connectivity index (χ0) is 19.2. The molecule has 27 heavy (non-hydrogen) atoms. The maximum atomic E-state index is 12.9. The van der Waals surface area contributed by atoms with Crippen LogP contribution in [0.15, 0.2) is 48.5 Å². The van der Waals surface area contributed by atoms with Crippen LogP contribution in [0.2, 0.25) is 0 Å². The minimum Gasteiger partial charge on any atom is -0.493 e. The Kier molecular flexibility index (Phi) is 6.35. The summed E-state index contributed by atoms with van der Waals surface area (Å²) in [7, 11) is 1.57. The molecule has 0 unspecified atom stereocenters. The molecule has 0 bridgehead atoms. The third kappa shape index (κ3) is 4.80. The average Bonchev–Trinajstić information content (AvgIpc) is 3.21. The summed E-state index contributed by atoms with van der Waals surface area (Å²) in [5.74, 6) is 1.02. The highest BCUT2D eigenvalue weighted by Crippen LogP contribution is 2.30. The van der Waals surface area contributed by atoms with Crippen molar-refractivity contribution in [3.05, 3.63) is 59.7 Å². The highest BCUT2D eigenvalue weighted by atomic mass is 16.5. The van der Waals surface area contributed by atoms with Crippen molar-refractivity contribution in [3.8, 4) is 11.5 Å². The predicted octanol–water partition coefficient (Wildman–Crippen LogP) is 4.13. The fraction of sp³-hybridized carbons (Fsp3) is 0.409. The lowest BCUT2D eigenvalue weighted by Gasteiger charge is -2.25. The van der Waals surface area contributed by atoms with Crippen LogP contribution >= 0.6 is 0 Å². The first kappa shape index (κ1) is 19.2. The molecular weight excluding hydrogens is 342 g/mol. The molecule has 3 rings (SSSR count). The van der Waals surface area contributed by atoms with Gasteiger partial charge in [0.2, 0.25) is 0 Å². The maximum absolute atomic E-state index is 12.9. The normalized spacial score (nSPS) is 17.6. The van der Waals surface area contributed by atoms with Crippen molar-refractivity contribution in [2.75, 3.05) is 13.7 Å². The second kappa shape index (κ2) is 8.91. The monoisotopic (exact) mass is 369 g/mol. The number of carbonyl (C=O) groups excluding carboxylic acids is 1. The van der Waals surface area contributed by atoms with Crippen LogP contribution in [0.4, 0.5) is 0 Å². The van der Waals surface area contributed by atoms with E-state index in [1.165, 1.54) is 0 Å². The molecule has 0 spiro atoms. The summed E-state index contributed by atoms with van der Waals surface area (Å²) in [6.45, 7) is 4.64. The Labute approximate surface area is 160 Å². The van der Waals surface area contributed by atoms with Crippen molar-refractivity contribution in [1.29, 1.82) is 0 Å². The van der Waals surface area contributed by atoms with E-state index in [1.807, 2.05) is 44.2 Å². The number of hydrogen-bond acceptors (Lipinski definition) is 4. The largest absolute Gasteiger partial charge is 0.493 e. The Balaban J connectivity index is 1.81. The Bertz CT molecular complexity index is 754. The zero-order valence-corrected chi connectivity index (χ0v) is 16.1. The minimum absolute atomic E-state index is 0.0122. The number of hydrogen-bond donors (Lipinski definition) is 1. The summed E-state index contributed by atoms with van der Waals surface area (Å²) in [4.78, 5) is 12.9. The van der Waals surface area contributed by atoms with Crippen molar-refractivity contribution in [1.82, 2.24) is 5.32 Å². The van der Waals surface area contributed by atoms with Gasteiger partial charge in [-0.25, -0.2) is 0 Å². The van der Waals surface area contributed by atoms with Gasteiger partial charge in [-0.15, -0.1) is 0 Å².